The first kappa shape index (κ1) is 19.8. The zero-order valence-electron chi connectivity index (χ0n) is 17.1. The van der Waals surface area contributed by atoms with E-state index in [1.54, 1.807) is 11.3 Å². The Morgan fingerprint density at radius 3 is 2.60 bits per heavy atom. The van der Waals surface area contributed by atoms with Gasteiger partial charge in [-0.05, 0) is 62.3 Å². The Morgan fingerprint density at radius 2 is 1.80 bits per heavy atom. The molecule has 0 atom stereocenters. The van der Waals surface area contributed by atoms with Gasteiger partial charge >= 0.3 is 0 Å². The predicted molar refractivity (Wildman–Crippen MR) is 126 cm³/mol. The monoisotopic (exact) mass is 436 g/mol. The minimum atomic E-state index is 0.750. The summed E-state index contributed by atoms with van der Waals surface area (Å²) in [5.41, 5.74) is 5.63. The minimum Gasteiger partial charge on any atom is -0.305 e. The predicted octanol–water partition coefficient (Wildman–Crippen LogP) is 5.52. The summed E-state index contributed by atoms with van der Waals surface area (Å²) < 4.78 is 2.29. The number of thiophene rings is 1. The Balaban J connectivity index is 1.60. The molecule has 30 heavy (non-hydrogen) atoms. The topological polar surface area (TPSA) is 23.8 Å². The van der Waals surface area contributed by atoms with E-state index in [9.17, 15) is 0 Å². The van der Waals surface area contributed by atoms with Gasteiger partial charge in [0, 0.05) is 46.9 Å². The fourth-order valence-electron chi connectivity index (χ4n) is 4.14. The highest BCUT2D eigenvalue weighted by Gasteiger charge is 2.19. The van der Waals surface area contributed by atoms with Crippen LogP contribution < -0.4 is 0 Å². The van der Waals surface area contributed by atoms with E-state index in [1.165, 1.54) is 22.6 Å². The number of rotatable bonds is 4. The van der Waals surface area contributed by atoms with Gasteiger partial charge in [-0.2, -0.15) is 0 Å². The van der Waals surface area contributed by atoms with Crippen LogP contribution in [-0.4, -0.2) is 52.4 Å². The van der Waals surface area contributed by atoms with Crippen LogP contribution in [0, 0.1) is 0 Å². The number of likely N-dealkylation sites (N-methyl/N-ethyl adjacent to an activating group) is 1. The number of halogens is 1. The molecule has 5 rings (SSSR count). The molecule has 1 aliphatic rings. The third-order valence-corrected chi connectivity index (χ3v) is 7.00. The number of imidazole rings is 1. The third-order valence-electron chi connectivity index (χ3n) is 5.83. The van der Waals surface area contributed by atoms with Gasteiger partial charge in [0.1, 0.15) is 5.65 Å². The van der Waals surface area contributed by atoms with Crippen molar-refractivity contribution in [1.29, 1.82) is 0 Å². The lowest BCUT2D eigenvalue weighted by Gasteiger charge is -2.20. The van der Waals surface area contributed by atoms with Gasteiger partial charge in [0.15, 0.2) is 0 Å². The van der Waals surface area contributed by atoms with Gasteiger partial charge in [-0.3, -0.25) is 4.90 Å². The van der Waals surface area contributed by atoms with Gasteiger partial charge in [0.2, 0.25) is 0 Å². The summed E-state index contributed by atoms with van der Waals surface area (Å²) in [5, 5.41) is 2.88. The lowest BCUT2D eigenvalue weighted by atomic mass is 10.1. The van der Waals surface area contributed by atoms with Crippen LogP contribution >= 0.6 is 22.9 Å². The Labute approximate surface area is 186 Å². The molecule has 4 heterocycles. The van der Waals surface area contributed by atoms with E-state index < -0.39 is 0 Å². The lowest BCUT2D eigenvalue weighted by Crippen LogP contribution is -2.29. The second kappa shape index (κ2) is 8.52. The van der Waals surface area contributed by atoms with Crippen molar-refractivity contribution in [3.63, 3.8) is 0 Å². The molecule has 1 saturated heterocycles. The molecule has 0 saturated carbocycles. The maximum absolute atomic E-state index is 6.15. The van der Waals surface area contributed by atoms with Crippen molar-refractivity contribution < 1.29 is 0 Å². The number of benzene rings is 1. The van der Waals surface area contributed by atoms with E-state index in [0.29, 0.717) is 0 Å². The SMILES string of the molecule is CN1CCCN(Cc2c(-c3ccc(Cl)cc3)nc3ccc(-c4cccs4)cn23)CC1. The summed E-state index contributed by atoms with van der Waals surface area (Å²) >= 11 is 7.92. The standard InChI is InChI=1S/C24H25ClN4S/c1-27-11-3-12-28(14-13-27)17-21-24(18-5-8-20(25)9-6-18)26-23-10-7-19(16-29(21)23)22-4-2-15-30-22/h2,4-10,15-16H,3,11-14,17H2,1H3. The average Bonchev–Trinajstić information content (AvgIpc) is 3.35. The lowest BCUT2D eigenvalue weighted by molar-refractivity contribution is 0.266. The van der Waals surface area contributed by atoms with Crippen LogP contribution in [0.2, 0.25) is 5.02 Å². The Hall–Kier alpha value is -2.18. The third kappa shape index (κ3) is 4.03. The molecular weight excluding hydrogens is 412 g/mol. The zero-order chi connectivity index (χ0) is 20.5. The smallest absolute Gasteiger partial charge is 0.137 e. The van der Waals surface area contributed by atoms with Gasteiger partial charge in [-0.1, -0.05) is 29.8 Å². The van der Waals surface area contributed by atoms with E-state index in [2.05, 4.69) is 69.2 Å². The molecule has 4 nitrogen and oxygen atoms in total. The van der Waals surface area contributed by atoms with E-state index in [-0.39, 0.29) is 0 Å². The first-order valence-corrected chi connectivity index (χ1v) is 11.6. The summed E-state index contributed by atoms with van der Waals surface area (Å²) in [6, 6.07) is 16.6. The van der Waals surface area contributed by atoms with Crippen molar-refractivity contribution in [2.45, 2.75) is 13.0 Å². The second-order valence-corrected chi connectivity index (χ2v) is 9.35. The van der Waals surface area contributed by atoms with E-state index in [0.717, 1.165) is 54.7 Å². The van der Waals surface area contributed by atoms with Crippen LogP contribution in [0.1, 0.15) is 12.1 Å². The maximum Gasteiger partial charge on any atom is 0.137 e. The number of hydrogen-bond acceptors (Lipinski definition) is 4. The molecule has 1 aliphatic heterocycles. The number of nitrogens with zero attached hydrogens (tertiary/aromatic N) is 4. The van der Waals surface area contributed by atoms with Crippen LogP contribution in [-0.2, 0) is 6.54 Å². The van der Waals surface area contributed by atoms with Crippen molar-refractivity contribution in [2.24, 2.45) is 0 Å². The van der Waals surface area contributed by atoms with Crippen LogP contribution in [0.25, 0.3) is 27.3 Å². The molecule has 0 unspecified atom stereocenters. The fraction of sp³-hybridized carbons (Fsp3) is 0.292. The van der Waals surface area contributed by atoms with Gasteiger partial charge in [0.25, 0.3) is 0 Å². The Kier molecular flexibility index (Phi) is 5.61. The number of pyridine rings is 1. The van der Waals surface area contributed by atoms with Crippen LogP contribution in [0.3, 0.4) is 0 Å². The number of aromatic nitrogens is 2. The highest BCUT2D eigenvalue weighted by atomic mass is 35.5. The average molecular weight is 437 g/mol. The van der Waals surface area contributed by atoms with Crippen LogP contribution in [0.4, 0.5) is 0 Å². The zero-order valence-corrected chi connectivity index (χ0v) is 18.7. The molecule has 1 fully saturated rings. The molecule has 6 heteroatoms. The second-order valence-electron chi connectivity index (χ2n) is 7.97. The van der Waals surface area contributed by atoms with Crippen molar-refractivity contribution in [3.8, 4) is 21.7 Å². The van der Waals surface area contributed by atoms with Crippen LogP contribution in [0.5, 0.6) is 0 Å². The highest BCUT2D eigenvalue weighted by Crippen LogP contribution is 2.30. The van der Waals surface area contributed by atoms with Gasteiger partial charge in [-0.25, -0.2) is 4.98 Å². The minimum absolute atomic E-state index is 0.750. The quantitative estimate of drug-likeness (QED) is 0.420. The molecule has 0 radical (unpaired) electrons. The summed E-state index contributed by atoms with van der Waals surface area (Å²) in [4.78, 5) is 11.3. The Bertz CT molecular complexity index is 1130. The first-order valence-electron chi connectivity index (χ1n) is 10.4. The summed E-state index contributed by atoms with van der Waals surface area (Å²) in [6.45, 7) is 5.35. The van der Waals surface area contributed by atoms with E-state index in [1.807, 2.05) is 12.1 Å². The molecular formula is C24H25ClN4S. The highest BCUT2D eigenvalue weighted by molar-refractivity contribution is 7.13. The molecule has 0 aliphatic carbocycles. The largest absolute Gasteiger partial charge is 0.305 e. The molecule has 0 amide bonds. The molecule has 0 spiro atoms. The Morgan fingerprint density at radius 1 is 0.967 bits per heavy atom. The number of fused-ring (bicyclic) bond motifs is 1. The van der Waals surface area contributed by atoms with E-state index >= 15 is 0 Å². The van der Waals surface area contributed by atoms with Crippen molar-refractivity contribution >= 4 is 28.6 Å². The summed E-state index contributed by atoms with van der Waals surface area (Å²) in [6.07, 6.45) is 3.44. The van der Waals surface area contributed by atoms with Crippen molar-refractivity contribution in [1.82, 2.24) is 19.2 Å². The molecule has 0 N–H and O–H groups in total. The number of hydrogen-bond donors (Lipinski definition) is 0. The van der Waals surface area contributed by atoms with Crippen molar-refractivity contribution in [3.05, 3.63) is 70.8 Å². The van der Waals surface area contributed by atoms with Gasteiger partial charge in [-0.15, -0.1) is 11.3 Å². The van der Waals surface area contributed by atoms with Gasteiger partial charge in [0.05, 0.1) is 11.4 Å². The molecule has 154 valence electrons. The maximum atomic E-state index is 6.15. The van der Waals surface area contributed by atoms with Gasteiger partial charge < -0.3 is 9.30 Å². The first-order chi connectivity index (χ1) is 14.7. The van der Waals surface area contributed by atoms with Crippen LogP contribution in [0.15, 0.2) is 60.1 Å². The van der Waals surface area contributed by atoms with Crippen molar-refractivity contribution in [2.75, 3.05) is 33.2 Å². The summed E-state index contributed by atoms with van der Waals surface area (Å²) in [7, 11) is 2.21. The van der Waals surface area contributed by atoms with E-state index in [4.69, 9.17) is 16.6 Å². The summed E-state index contributed by atoms with van der Waals surface area (Å²) in [5.74, 6) is 0. The molecule has 4 aromatic rings. The fourth-order valence-corrected chi connectivity index (χ4v) is 4.99. The molecule has 1 aromatic carbocycles. The molecule has 0 bridgehead atoms. The normalized spacial score (nSPS) is 16.2. The molecule has 3 aromatic heterocycles.